The maximum absolute atomic E-state index is 12.3. The molecule has 0 saturated carbocycles. The summed E-state index contributed by atoms with van der Waals surface area (Å²) in [6, 6.07) is 12.6. The number of fused-ring (bicyclic) bond motifs is 1. The molecule has 0 atom stereocenters. The van der Waals surface area contributed by atoms with Crippen molar-refractivity contribution in [1.82, 2.24) is 9.97 Å². The van der Waals surface area contributed by atoms with Gasteiger partial charge >= 0.3 is 5.97 Å². The second-order valence-electron chi connectivity index (χ2n) is 6.45. The summed E-state index contributed by atoms with van der Waals surface area (Å²) >= 11 is 6.38. The molecule has 0 bridgehead atoms. The molecule has 0 fully saturated rings. The van der Waals surface area contributed by atoms with Gasteiger partial charge in [-0.3, -0.25) is 4.79 Å². The maximum atomic E-state index is 12.3. The SMILES string of the molecule is COC(=O)c1ccc2c(=O)[nH]c(/C(Cl)=C\c3ccc(C(C)C)cc3)nc2c1. The average molecular weight is 383 g/mol. The number of aromatic nitrogens is 2. The highest BCUT2D eigenvalue weighted by molar-refractivity contribution is 6.50. The second kappa shape index (κ2) is 7.76. The summed E-state index contributed by atoms with van der Waals surface area (Å²) in [5.74, 6) is 0.192. The van der Waals surface area contributed by atoms with E-state index in [0.29, 0.717) is 27.4 Å². The molecule has 0 saturated heterocycles. The smallest absolute Gasteiger partial charge is 0.337 e. The number of halogens is 1. The Hall–Kier alpha value is -2.92. The molecule has 27 heavy (non-hydrogen) atoms. The van der Waals surface area contributed by atoms with Gasteiger partial charge in [-0.1, -0.05) is 49.7 Å². The fourth-order valence-electron chi connectivity index (χ4n) is 2.69. The number of rotatable bonds is 4. The number of H-pyrrole nitrogens is 1. The molecule has 2 aromatic carbocycles. The van der Waals surface area contributed by atoms with Gasteiger partial charge in [0.05, 0.1) is 28.6 Å². The lowest BCUT2D eigenvalue weighted by Gasteiger charge is -2.06. The number of esters is 1. The predicted octanol–water partition coefficient (Wildman–Crippen LogP) is 4.57. The van der Waals surface area contributed by atoms with Gasteiger partial charge in [0.2, 0.25) is 0 Å². The Bertz CT molecular complexity index is 1080. The fraction of sp³-hybridized carbons (Fsp3) is 0.190. The van der Waals surface area contributed by atoms with Crippen molar-refractivity contribution >= 4 is 39.6 Å². The zero-order valence-corrected chi connectivity index (χ0v) is 16.0. The summed E-state index contributed by atoms with van der Waals surface area (Å²) in [7, 11) is 1.30. The Morgan fingerprint density at radius 1 is 1.19 bits per heavy atom. The van der Waals surface area contributed by atoms with Crippen molar-refractivity contribution in [2.75, 3.05) is 7.11 Å². The van der Waals surface area contributed by atoms with E-state index in [0.717, 1.165) is 5.56 Å². The monoisotopic (exact) mass is 382 g/mol. The molecule has 5 nitrogen and oxygen atoms in total. The predicted molar refractivity (Wildman–Crippen MR) is 108 cm³/mol. The molecule has 3 rings (SSSR count). The first-order valence-electron chi connectivity index (χ1n) is 8.49. The largest absolute Gasteiger partial charge is 0.465 e. The molecule has 138 valence electrons. The molecular weight excluding hydrogens is 364 g/mol. The number of carbonyl (C=O) groups is 1. The summed E-state index contributed by atoms with van der Waals surface area (Å²) in [5.41, 5.74) is 2.50. The van der Waals surface area contributed by atoms with Gasteiger partial charge in [-0.05, 0) is 41.3 Å². The molecule has 0 amide bonds. The standard InChI is InChI=1S/C21H19ClN2O3/c1-12(2)14-6-4-13(5-7-14)10-17(22)19-23-18-11-15(21(26)27-3)8-9-16(18)20(25)24-19/h4-12H,1-3H3,(H,23,24,25)/b17-10+. The van der Waals surface area contributed by atoms with Gasteiger partial charge in [0, 0.05) is 0 Å². The molecular formula is C21H19ClN2O3. The number of nitrogens with one attached hydrogen (secondary N) is 1. The number of carbonyl (C=O) groups excluding carboxylic acids is 1. The van der Waals surface area contributed by atoms with Crippen LogP contribution in [0.25, 0.3) is 22.0 Å². The van der Waals surface area contributed by atoms with Gasteiger partial charge in [0.15, 0.2) is 5.82 Å². The number of benzene rings is 2. The molecule has 0 aliphatic rings. The number of methoxy groups -OCH3 is 1. The van der Waals surface area contributed by atoms with Gasteiger partial charge in [0.25, 0.3) is 5.56 Å². The summed E-state index contributed by atoms with van der Waals surface area (Å²) in [5, 5.41) is 0.673. The van der Waals surface area contributed by atoms with E-state index in [1.165, 1.54) is 24.8 Å². The second-order valence-corrected chi connectivity index (χ2v) is 6.86. The van der Waals surface area contributed by atoms with Gasteiger partial charge in [-0.25, -0.2) is 9.78 Å². The Morgan fingerprint density at radius 2 is 1.89 bits per heavy atom. The highest BCUT2D eigenvalue weighted by Gasteiger charge is 2.11. The van der Waals surface area contributed by atoms with Crippen molar-refractivity contribution in [3.63, 3.8) is 0 Å². The van der Waals surface area contributed by atoms with E-state index in [4.69, 9.17) is 16.3 Å². The maximum Gasteiger partial charge on any atom is 0.337 e. The number of nitrogens with zero attached hydrogens (tertiary/aromatic N) is 1. The molecule has 1 heterocycles. The van der Waals surface area contributed by atoms with E-state index in [2.05, 4.69) is 23.8 Å². The minimum Gasteiger partial charge on any atom is -0.465 e. The summed E-state index contributed by atoms with van der Waals surface area (Å²) < 4.78 is 4.71. The zero-order chi connectivity index (χ0) is 19.6. The normalized spacial score (nSPS) is 11.8. The quantitative estimate of drug-likeness (QED) is 0.671. The van der Waals surface area contributed by atoms with Crippen LogP contribution in [0.1, 0.15) is 47.1 Å². The van der Waals surface area contributed by atoms with Crippen LogP contribution in [0.5, 0.6) is 0 Å². The topological polar surface area (TPSA) is 72.1 Å². The van der Waals surface area contributed by atoms with Crippen LogP contribution in [-0.4, -0.2) is 23.0 Å². The van der Waals surface area contributed by atoms with E-state index < -0.39 is 5.97 Å². The van der Waals surface area contributed by atoms with E-state index in [-0.39, 0.29) is 11.4 Å². The molecule has 0 unspecified atom stereocenters. The molecule has 0 radical (unpaired) electrons. The minimum absolute atomic E-state index is 0.240. The molecule has 0 aliphatic carbocycles. The average Bonchev–Trinajstić information content (AvgIpc) is 2.67. The van der Waals surface area contributed by atoms with Crippen LogP contribution in [0.2, 0.25) is 0 Å². The first-order valence-corrected chi connectivity index (χ1v) is 8.86. The van der Waals surface area contributed by atoms with Gasteiger partial charge in [0.1, 0.15) is 0 Å². The van der Waals surface area contributed by atoms with Gasteiger partial charge in [-0.2, -0.15) is 0 Å². The fourth-order valence-corrected chi connectivity index (χ4v) is 2.90. The van der Waals surface area contributed by atoms with Gasteiger partial charge < -0.3 is 9.72 Å². The number of ether oxygens (including phenoxy) is 1. The third-order valence-electron chi connectivity index (χ3n) is 4.25. The lowest BCUT2D eigenvalue weighted by molar-refractivity contribution is 0.0601. The number of hydrogen-bond donors (Lipinski definition) is 1. The van der Waals surface area contributed by atoms with Crippen LogP contribution in [0.15, 0.2) is 47.3 Å². The number of hydrogen-bond acceptors (Lipinski definition) is 4. The van der Waals surface area contributed by atoms with Crippen LogP contribution in [-0.2, 0) is 4.74 Å². The summed E-state index contributed by atoms with van der Waals surface area (Å²) in [4.78, 5) is 31.1. The Morgan fingerprint density at radius 3 is 2.52 bits per heavy atom. The molecule has 1 aromatic heterocycles. The zero-order valence-electron chi connectivity index (χ0n) is 15.2. The molecule has 3 aromatic rings. The molecule has 0 spiro atoms. The highest BCUT2D eigenvalue weighted by atomic mass is 35.5. The first-order chi connectivity index (χ1) is 12.9. The third-order valence-corrected chi connectivity index (χ3v) is 4.54. The van der Waals surface area contributed by atoms with E-state index in [1.54, 1.807) is 12.1 Å². The van der Waals surface area contributed by atoms with Crippen molar-refractivity contribution in [2.45, 2.75) is 19.8 Å². The van der Waals surface area contributed by atoms with Crippen LogP contribution in [0, 0.1) is 0 Å². The van der Waals surface area contributed by atoms with Crippen molar-refractivity contribution in [2.24, 2.45) is 0 Å². The van der Waals surface area contributed by atoms with Crippen LogP contribution >= 0.6 is 11.6 Å². The van der Waals surface area contributed by atoms with E-state index in [9.17, 15) is 9.59 Å². The summed E-state index contributed by atoms with van der Waals surface area (Å²) in [6.07, 6.45) is 1.74. The Balaban J connectivity index is 2.01. The van der Waals surface area contributed by atoms with Gasteiger partial charge in [-0.15, -0.1) is 0 Å². The summed E-state index contributed by atoms with van der Waals surface area (Å²) in [6.45, 7) is 4.26. The van der Waals surface area contributed by atoms with E-state index in [1.807, 2.05) is 24.3 Å². The third kappa shape index (κ3) is 4.09. The molecule has 0 aliphatic heterocycles. The van der Waals surface area contributed by atoms with Crippen LogP contribution in [0.4, 0.5) is 0 Å². The van der Waals surface area contributed by atoms with Crippen molar-refractivity contribution in [1.29, 1.82) is 0 Å². The van der Waals surface area contributed by atoms with Crippen LogP contribution < -0.4 is 5.56 Å². The lowest BCUT2D eigenvalue weighted by Crippen LogP contribution is -2.11. The first kappa shape index (κ1) is 18.9. The molecule has 6 heteroatoms. The van der Waals surface area contributed by atoms with Crippen molar-refractivity contribution in [3.05, 3.63) is 75.3 Å². The van der Waals surface area contributed by atoms with Crippen LogP contribution in [0.3, 0.4) is 0 Å². The minimum atomic E-state index is -0.493. The lowest BCUT2D eigenvalue weighted by atomic mass is 10.0. The Kier molecular flexibility index (Phi) is 5.42. The molecule has 1 N–H and O–H groups in total. The van der Waals surface area contributed by atoms with Crippen molar-refractivity contribution in [3.8, 4) is 0 Å². The highest BCUT2D eigenvalue weighted by Crippen LogP contribution is 2.22. The van der Waals surface area contributed by atoms with Crippen molar-refractivity contribution < 1.29 is 9.53 Å². The Labute approximate surface area is 161 Å². The van der Waals surface area contributed by atoms with E-state index >= 15 is 0 Å². The number of aromatic amines is 1.